The Morgan fingerprint density at radius 1 is 1.03 bits per heavy atom. The molecule has 2 fully saturated rings. The van der Waals surface area contributed by atoms with E-state index in [1.54, 1.807) is 4.90 Å². The fraction of sp³-hybridized carbons (Fsp3) is 0.517. The first-order valence-electron chi connectivity index (χ1n) is 13.2. The molecule has 2 aromatic carbocycles. The second kappa shape index (κ2) is 13.8. The van der Waals surface area contributed by atoms with E-state index in [4.69, 9.17) is 15.2 Å². The van der Waals surface area contributed by atoms with Crippen molar-refractivity contribution in [3.8, 4) is 16.9 Å². The molecule has 2 saturated heterocycles. The maximum absolute atomic E-state index is 13.6. The molecule has 9 heteroatoms. The van der Waals surface area contributed by atoms with Crippen molar-refractivity contribution in [1.29, 1.82) is 0 Å². The van der Waals surface area contributed by atoms with Crippen molar-refractivity contribution in [2.45, 2.75) is 57.8 Å². The summed E-state index contributed by atoms with van der Waals surface area (Å²) in [5, 5.41) is 0. The monoisotopic (exact) mass is 547 g/mol. The van der Waals surface area contributed by atoms with Crippen LogP contribution in [-0.2, 0) is 16.0 Å². The number of hydrogen-bond acceptors (Lipinski definition) is 5. The van der Waals surface area contributed by atoms with Crippen LogP contribution in [0.5, 0.6) is 5.75 Å². The summed E-state index contributed by atoms with van der Waals surface area (Å²) < 4.78 is 25.1. The van der Waals surface area contributed by atoms with Gasteiger partial charge in [-0.25, -0.2) is 9.18 Å². The summed E-state index contributed by atoms with van der Waals surface area (Å²) in [5.41, 5.74) is 9.29. The van der Waals surface area contributed by atoms with Crippen LogP contribution in [0.15, 0.2) is 48.5 Å². The molecule has 2 amide bonds. The van der Waals surface area contributed by atoms with Gasteiger partial charge in [-0.3, -0.25) is 4.79 Å². The smallest absolute Gasteiger partial charge is 0.410 e. The fourth-order valence-electron chi connectivity index (χ4n) is 4.98. The molecule has 0 aliphatic carbocycles. The second-order valence-electron chi connectivity index (χ2n) is 10.3. The van der Waals surface area contributed by atoms with Crippen molar-refractivity contribution in [2.24, 2.45) is 11.7 Å². The van der Waals surface area contributed by atoms with Gasteiger partial charge in [0.15, 0.2) is 0 Å². The third kappa shape index (κ3) is 7.84. The van der Waals surface area contributed by atoms with Crippen LogP contribution in [0.1, 0.15) is 38.7 Å². The van der Waals surface area contributed by atoms with E-state index in [0.717, 1.165) is 35.3 Å². The number of carbonyl (C=O) groups excluding carboxylic acids is 2. The molecule has 38 heavy (non-hydrogen) atoms. The third-order valence-corrected chi connectivity index (χ3v) is 7.06. The summed E-state index contributed by atoms with van der Waals surface area (Å²) in [6.45, 7) is 6.10. The van der Waals surface area contributed by atoms with Crippen molar-refractivity contribution in [1.82, 2.24) is 9.80 Å². The minimum Gasteiger partial charge on any atom is -0.493 e. The number of alkyl halides is 1. The molecular formula is C29H39ClFN3O4. The highest BCUT2D eigenvalue weighted by molar-refractivity contribution is 5.85. The van der Waals surface area contributed by atoms with Crippen molar-refractivity contribution < 1.29 is 23.5 Å². The van der Waals surface area contributed by atoms with Crippen LogP contribution in [0, 0.1) is 5.92 Å². The average molecular weight is 548 g/mol. The zero-order chi connectivity index (χ0) is 26.4. The summed E-state index contributed by atoms with van der Waals surface area (Å²) >= 11 is 0. The number of ether oxygens (including phenoxy) is 2. The number of nitrogens with zero attached hydrogens (tertiary/aromatic N) is 2. The van der Waals surface area contributed by atoms with Gasteiger partial charge < -0.3 is 25.0 Å². The topological polar surface area (TPSA) is 85.1 Å². The molecule has 2 aromatic rings. The fourth-order valence-corrected chi connectivity index (χ4v) is 4.98. The van der Waals surface area contributed by atoms with Gasteiger partial charge in [-0.05, 0) is 74.3 Å². The highest BCUT2D eigenvalue weighted by Crippen LogP contribution is 2.30. The molecule has 0 saturated carbocycles. The largest absolute Gasteiger partial charge is 0.493 e. The molecule has 2 aliphatic heterocycles. The Hall–Kier alpha value is -2.84. The highest BCUT2D eigenvalue weighted by atomic mass is 35.5. The van der Waals surface area contributed by atoms with Crippen molar-refractivity contribution in [3.63, 3.8) is 0 Å². The number of halogens is 2. The van der Waals surface area contributed by atoms with Crippen molar-refractivity contribution in [3.05, 3.63) is 54.1 Å². The number of piperidine rings is 1. The Balaban J connectivity index is 0.00000400. The average Bonchev–Trinajstić information content (AvgIpc) is 3.33. The highest BCUT2D eigenvalue weighted by Gasteiger charge is 2.30. The molecule has 208 valence electrons. The van der Waals surface area contributed by atoms with Crippen LogP contribution in [0.3, 0.4) is 0 Å². The third-order valence-electron chi connectivity index (χ3n) is 7.06. The number of carbonyl (C=O) groups is 2. The molecule has 2 aliphatic rings. The van der Waals surface area contributed by atoms with Gasteiger partial charge in [0, 0.05) is 19.6 Å². The summed E-state index contributed by atoms with van der Waals surface area (Å²) in [4.78, 5) is 28.3. The van der Waals surface area contributed by atoms with E-state index in [-0.39, 0.29) is 37.1 Å². The lowest BCUT2D eigenvalue weighted by Crippen LogP contribution is -2.44. The van der Waals surface area contributed by atoms with Gasteiger partial charge in [-0.1, -0.05) is 36.4 Å². The van der Waals surface area contributed by atoms with Gasteiger partial charge in [-0.15, -0.1) is 12.4 Å². The lowest BCUT2D eigenvalue weighted by molar-refractivity contribution is -0.131. The Labute approximate surface area is 230 Å². The molecule has 0 aromatic heterocycles. The van der Waals surface area contributed by atoms with Crippen LogP contribution in [0.25, 0.3) is 11.1 Å². The first-order valence-corrected chi connectivity index (χ1v) is 13.2. The van der Waals surface area contributed by atoms with Gasteiger partial charge in [0.2, 0.25) is 5.91 Å². The van der Waals surface area contributed by atoms with Gasteiger partial charge in [0.1, 0.15) is 11.9 Å². The number of likely N-dealkylation sites (tertiary alicyclic amines) is 2. The number of benzene rings is 2. The Kier molecular flexibility index (Phi) is 10.8. The lowest BCUT2D eigenvalue weighted by atomic mass is 9.94. The number of hydrogen-bond donors (Lipinski definition) is 1. The van der Waals surface area contributed by atoms with Crippen molar-refractivity contribution in [2.75, 3.05) is 32.8 Å². The quantitative estimate of drug-likeness (QED) is 0.510. The zero-order valence-corrected chi connectivity index (χ0v) is 23.0. The normalized spacial score (nSPS) is 18.7. The molecule has 0 unspecified atom stereocenters. The van der Waals surface area contributed by atoms with E-state index in [0.29, 0.717) is 45.0 Å². The van der Waals surface area contributed by atoms with E-state index in [1.165, 1.54) is 4.90 Å². The summed E-state index contributed by atoms with van der Waals surface area (Å²) in [6, 6.07) is 15.1. The van der Waals surface area contributed by atoms with Crippen LogP contribution >= 0.6 is 12.4 Å². The van der Waals surface area contributed by atoms with E-state index in [2.05, 4.69) is 0 Å². The Bertz CT molecular complexity index is 1060. The van der Waals surface area contributed by atoms with E-state index in [1.807, 2.05) is 62.4 Å². The number of nitrogens with two attached hydrogens (primary N) is 1. The minimum atomic E-state index is -0.972. The van der Waals surface area contributed by atoms with Crippen LogP contribution in [0.2, 0.25) is 0 Å². The first-order chi connectivity index (χ1) is 17.8. The number of amides is 2. The second-order valence-corrected chi connectivity index (χ2v) is 10.3. The summed E-state index contributed by atoms with van der Waals surface area (Å²) in [5.74, 6) is 0.849. The number of rotatable bonds is 8. The molecule has 2 heterocycles. The molecule has 2 atom stereocenters. The van der Waals surface area contributed by atoms with Gasteiger partial charge in [-0.2, -0.15) is 0 Å². The lowest BCUT2D eigenvalue weighted by Gasteiger charge is -2.31. The SMILES string of the molecule is CC(C)OC(=O)N1CCC(COc2ccc(-c3ccccc3)c(C[C@H](N)C(=O)N3CC[C@H](F)C3)c2)CC1.Cl. The standard InChI is InChI=1S/C29H38FN3O4.ClH/c1-20(2)37-29(35)32-13-10-21(11-14-32)19-36-25-8-9-26(22-6-4-3-5-7-22)23(16-25)17-27(31)28(34)33-15-12-24(30)18-33;/h3-9,16,20-21,24,27H,10-15,17-19,31H2,1-2H3;1H/t24-,27-;/m0./s1. The van der Waals surface area contributed by atoms with E-state index in [9.17, 15) is 14.0 Å². The van der Waals surface area contributed by atoms with E-state index >= 15 is 0 Å². The first kappa shape index (κ1) is 29.7. The predicted octanol–water partition coefficient (Wildman–Crippen LogP) is 4.85. The van der Waals surface area contributed by atoms with Gasteiger partial charge in [0.25, 0.3) is 0 Å². The molecule has 2 N–H and O–H groups in total. The van der Waals surface area contributed by atoms with Crippen LogP contribution < -0.4 is 10.5 Å². The van der Waals surface area contributed by atoms with Crippen LogP contribution in [0.4, 0.5) is 9.18 Å². The summed E-state index contributed by atoms with van der Waals surface area (Å²) in [7, 11) is 0. The van der Waals surface area contributed by atoms with Crippen molar-refractivity contribution >= 4 is 24.4 Å². The molecule has 0 spiro atoms. The maximum Gasteiger partial charge on any atom is 0.410 e. The van der Waals surface area contributed by atoms with Gasteiger partial charge >= 0.3 is 6.09 Å². The molecule has 0 bridgehead atoms. The summed E-state index contributed by atoms with van der Waals surface area (Å²) in [6.07, 6.45) is 1.07. The maximum atomic E-state index is 13.6. The molecule has 0 radical (unpaired) electrons. The minimum absolute atomic E-state index is 0. The molecular weight excluding hydrogens is 509 g/mol. The van der Waals surface area contributed by atoms with E-state index < -0.39 is 12.2 Å². The Morgan fingerprint density at radius 3 is 2.34 bits per heavy atom. The Morgan fingerprint density at radius 2 is 1.71 bits per heavy atom. The van der Waals surface area contributed by atoms with Crippen LogP contribution in [-0.4, -0.2) is 72.9 Å². The molecule has 4 rings (SSSR count). The predicted molar refractivity (Wildman–Crippen MR) is 148 cm³/mol. The molecule has 7 nitrogen and oxygen atoms in total. The zero-order valence-electron chi connectivity index (χ0n) is 22.2. The van der Waals surface area contributed by atoms with Gasteiger partial charge in [0.05, 0.1) is 25.3 Å².